The summed E-state index contributed by atoms with van der Waals surface area (Å²) in [6.07, 6.45) is 69.6. The molecule has 0 aromatic carbocycles. The second-order valence-electron chi connectivity index (χ2n) is 17.4. The number of carbonyl (C=O) groups excluding carboxylic acids is 3. The molecule has 0 bridgehead atoms. The molecule has 0 aromatic heterocycles. The number of ether oxygens (including phenoxy) is 3. The molecule has 0 saturated carbocycles. The van der Waals surface area contributed by atoms with Gasteiger partial charge < -0.3 is 14.2 Å². The molecule has 6 nitrogen and oxygen atoms in total. The molecular weight excluding hydrogens is 805 g/mol. The Morgan fingerprint density at radius 2 is 0.554 bits per heavy atom. The lowest BCUT2D eigenvalue weighted by Crippen LogP contribution is -2.30. The number of unbranched alkanes of at least 4 members (excludes halogenated alkanes) is 20. The summed E-state index contributed by atoms with van der Waals surface area (Å²) in [5, 5.41) is 0. The summed E-state index contributed by atoms with van der Waals surface area (Å²) in [7, 11) is 0. The molecule has 0 N–H and O–H groups in total. The van der Waals surface area contributed by atoms with Crippen molar-refractivity contribution in [1.82, 2.24) is 0 Å². The van der Waals surface area contributed by atoms with Crippen LogP contribution >= 0.6 is 0 Å². The first-order chi connectivity index (χ1) is 32.0. The molecule has 0 amide bonds. The van der Waals surface area contributed by atoms with Crippen LogP contribution in [-0.2, 0) is 28.6 Å². The Balaban J connectivity index is 4.52. The van der Waals surface area contributed by atoms with Gasteiger partial charge in [0.2, 0.25) is 0 Å². The average molecular weight is 903 g/mol. The van der Waals surface area contributed by atoms with Crippen molar-refractivity contribution in [3.8, 4) is 0 Å². The number of hydrogen-bond acceptors (Lipinski definition) is 6. The van der Waals surface area contributed by atoms with E-state index in [1.54, 1.807) is 0 Å². The van der Waals surface area contributed by atoms with Crippen LogP contribution in [0.4, 0.5) is 0 Å². The highest BCUT2D eigenvalue weighted by molar-refractivity contribution is 5.71. The third-order valence-electron chi connectivity index (χ3n) is 11.0. The van der Waals surface area contributed by atoms with Crippen molar-refractivity contribution in [3.05, 3.63) is 97.2 Å². The Kier molecular flexibility index (Phi) is 50.0. The van der Waals surface area contributed by atoms with Crippen molar-refractivity contribution >= 4 is 17.9 Å². The van der Waals surface area contributed by atoms with E-state index >= 15 is 0 Å². The zero-order chi connectivity index (χ0) is 47.2. The smallest absolute Gasteiger partial charge is 0.306 e. The van der Waals surface area contributed by atoms with Crippen molar-refractivity contribution in [2.75, 3.05) is 13.2 Å². The van der Waals surface area contributed by atoms with Gasteiger partial charge in [-0.05, 0) is 128 Å². The standard InChI is InChI=1S/C59H98O6/c1-4-7-10-13-16-19-22-25-27-28-29-30-32-34-37-40-43-46-49-52-58(61)64-55-56(54-63-57(60)51-48-45-42-39-36-33-24-21-18-15-12-9-6-3)65-59(62)53-50-47-44-41-38-35-31-26-23-20-17-14-11-8-5-2/h16-17,19-21,24-27,29-31,34,37-38,41,56H,4-15,18,22-23,28,32-33,35-36,39-40,42-55H2,1-3H3/b19-16-,20-17-,24-21-,27-25-,30-29-,31-26-,37-34-,41-38-/t56-/m1/s1. The number of hydrogen-bond donors (Lipinski definition) is 0. The number of allylic oxidation sites excluding steroid dienone is 16. The maximum Gasteiger partial charge on any atom is 0.306 e. The highest BCUT2D eigenvalue weighted by atomic mass is 16.6. The molecule has 0 heterocycles. The maximum absolute atomic E-state index is 12.8. The molecular formula is C59H98O6. The summed E-state index contributed by atoms with van der Waals surface area (Å²) in [5.74, 6) is -0.990. The molecule has 6 heteroatoms. The third kappa shape index (κ3) is 51.2. The fraction of sp³-hybridized carbons (Fsp3) is 0.678. The lowest BCUT2D eigenvalue weighted by Gasteiger charge is -2.18. The predicted molar refractivity (Wildman–Crippen MR) is 279 cm³/mol. The minimum absolute atomic E-state index is 0.109. The first-order valence-corrected chi connectivity index (χ1v) is 26.7. The van der Waals surface area contributed by atoms with E-state index in [0.29, 0.717) is 19.3 Å². The summed E-state index contributed by atoms with van der Waals surface area (Å²) >= 11 is 0. The van der Waals surface area contributed by atoms with Gasteiger partial charge in [0.15, 0.2) is 6.10 Å². The molecule has 0 aliphatic carbocycles. The molecule has 0 aromatic rings. The Morgan fingerprint density at radius 1 is 0.308 bits per heavy atom. The van der Waals surface area contributed by atoms with Crippen LogP contribution in [-0.4, -0.2) is 37.2 Å². The van der Waals surface area contributed by atoms with Gasteiger partial charge in [0, 0.05) is 19.3 Å². The highest BCUT2D eigenvalue weighted by Gasteiger charge is 2.19. The Bertz CT molecular complexity index is 1310. The van der Waals surface area contributed by atoms with Gasteiger partial charge in [0.05, 0.1) is 0 Å². The van der Waals surface area contributed by atoms with Crippen LogP contribution in [0.15, 0.2) is 97.2 Å². The lowest BCUT2D eigenvalue weighted by molar-refractivity contribution is -0.167. The van der Waals surface area contributed by atoms with Crippen molar-refractivity contribution < 1.29 is 28.6 Å². The van der Waals surface area contributed by atoms with Gasteiger partial charge in [-0.15, -0.1) is 0 Å². The van der Waals surface area contributed by atoms with E-state index in [1.165, 1.54) is 89.9 Å². The van der Waals surface area contributed by atoms with Crippen LogP contribution in [0.25, 0.3) is 0 Å². The third-order valence-corrected chi connectivity index (χ3v) is 11.0. The molecule has 0 aliphatic heterocycles. The molecule has 1 atom stereocenters. The van der Waals surface area contributed by atoms with Crippen molar-refractivity contribution in [3.63, 3.8) is 0 Å². The van der Waals surface area contributed by atoms with Crippen LogP contribution in [0.1, 0.15) is 239 Å². The van der Waals surface area contributed by atoms with E-state index in [4.69, 9.17) is 14.2 Å². The van der Waals surface area contributed by atoms with Crippen LogP contribution in [0.5, 0.6) is 0 Å². The van der Waals surface area contributed by atoms with E-state index in [2.05, 4.69) is 118 Å². The molecule has 0 unspecified atom stereocenters. The number of rotatable bonds is 47. The minimum atomic E-state index is -0.814. The SMILES string of the molecule is CCCCC/C=C\C/C=C\C/C=C\C/C=C\CCCCCC(=O)OC[C@@H](COC(=O)CCCCCCC/C=C\CCCCCC)OC(=O)CCCC/C=C\C/C=C\C/C=C\CCCCC. The van der Waals surface area contributed by atoms with E-state index in [9.17, 15) is 14.4 Å². The molecule has 0 fully saturated rings. The lowest BCUT2D eigenvalue weighted by atomic mass is 10.1. The number of carbonyl (C=O) groups is 3. The average Bonchev–Trinajstić information content (AvgIpc) is 3.30. The zero-order valence-electron chi connectivity index (χ0n) is 42.2. The molecule has 0 spiro atoms. The van der Waals surface area contributed by atoms with E-state index < -0.39 is 6.10 Å². The van der Waals surface area contributed by atoms with Gasteiger partial charge >= 0.3 is 17.9 Å². The normalized spacial score (nSPS) is 12.8. The van der Waals surface area contributed by atoms with Crippen molar-refractivity contribution in [2.45, 2.75) is 245 Å². The molecule has 0 rings (SSSR count). The van der Waals surface area contributed by atoms with Gasteiger partial charge in [-0.3, -0.25) is 14.4 Å². The Morgan fingerprint density at radius 3 is 0.954 bits per heavy atom. The van der Waals surface area contributed by atoms with E-state index in [0.717, 1.165) is 103 Å². The van der Waals surface area contributed by atoms with Crippen LogP contribution < -0.4 is 0 Å². The van der Waals surface area contributed by atoms with E-state index in [1.807, 2.05) is 0 Å². The molecule has 370 valence electrons. The second-order valence-corrected chi connectivity index (χ2v) is 17.4. The summed E-state index contributed by atoms with van der Waals surface area (Å²) in [6, 6.07) is 0. The molecule has 65 heavy (non-hydrogen) atoms. The summed E-state index contributed by atoms with van der Waals surface area (Å²) in [5.41, 5.74) is 0. The maximum atomic E-state index is 12.8. The Labute approximate surface area is 400 Å². The van der Waals surface area contributed by atoms with Crippen LogP contribution in [0.3, 0.4) is 0 Å². The minimum Gasteiger partial charge on any atom is -0.462 e. The van der Waals surface area contributed by atoms with Gasteiger partial charge in [-0.2, -0.15) is 0 Å². The van der Waals surface area contributed by atoms with Crippen molar-refractivity contribution in [1.29, 1.82) is 0 Å². The molecule has 0 saturated heterocycles. The quantitative estimate of drug-likeness (QED) is 0.0262. The first-order valence-electron chi connectivity index (χ1n) is 26.7. The second kappa shape index (κ2) is 52.9. The highest BCUT2D eigenvalue weighted by Crippen LogP contribution is 2.12. The van der Waals surface area contributed by atoms with Gasteiger partial charge in [-0.1, -0.05) is 189 Å². The fourth-order valence-electron chi connectivity index (χ4n) is 6.95. The van der Waals surface area contributed by atoms with Gasteiger partial charge in [0.25, 0.3) is 0 Å². The van der Waals surface area contributed by atoms with Gasteiger partial charge in [-0.25, -0.2) is 0 Å². The van der Waals surface area contributed by atoms with Crippen LogP contribution in [0.2, 0.25) is 0 Å². The summed E-state index contributed by atoms with van der Waals surface area (Å²) in [4.78, 5) is 38.0. The van der Waals surface area contributed by atoms with Gasteiger partial charge in [0.1, 0.15) is 13.2 Å². The summed E-state index contributed by atoms with van der Waals surface area (Å²) in [6.45, 7) is 6.49. The first kappa shape index (κ1) is 61.3. The predicted octanol–water partition coefficient (Wildman–Crippen LogP) is 17.8. The van der Waals surface area contributed by atoms with Crippen molar-refractivity contribution in [2.24, 2.45) is 0 Å². The number of esters is 3. The monoisotopic (exact) mass is 903 g/mol. The summed E-state index contributed by atoms with van der Waals surface area (Å²) < 4.78 is 16.7. The van der Waals surface area contributed by atoms with Crippen LogP contribution in [0, 0.1) is 0 Å². The molecule has 0 aliphatic rings. The molecule has 0 radical (unpaired) electrons. The van der Waals surface area contributed by atoms with E-state index in [-0.39, 0.29) is 37.5 Å². The fourth-order valence-corrected chi connectivity index (χ4v) is 6.95. The Hall–Kier alpha value is -3.67. The topological polar surface area (TPSA) is 78.9 Å². The largest absolute Gasteiger partial charge is 0.462 e. The zero-order valence-corrected chi connectivity index (χ0v) is 42.2.